The number of hydrogen-bond donors (Lipinski definition) is 2. The maximum absolute atomic E-state index is 13.2. The molecule has 0 spiro atoms. The van der Waals surface area contributed by atoms with Gasteiger partial charge < -0.3 is 19.7 Å². The zero-order valence-electron chi connectivity index (χ0n) is 21.2. The molecule has 37 heavy (non-hydrogen) atoms. The van der Waals surface area contributed by atoms with Crippen molar-refractivity contribution in [2.45, 2.75) is 32.3 Å². The minimum Gasteiger partial charge on any atom is -0.508 e. The number of phenols is 2. The average molecular weight is 504 g/mol. The van der Waals surface area contributed by atoms with Crippen LogP contribution in [-0.2, 0) is 0 Å². The van der Waals surface area contributed by atoms with Crippen LogP contribution in [0.25, 0.3) is 11.1 Å². The number of nitrogens with zero attached hydrogens (tertiary/aromatic N) is 1. The number of halogens is 1. The number of allylic oxidation sites excluding steroid dienone is 1. The molecule has 0 saturated carbocycles. The maximum atomic E-state index is 13.2. The van der Waals surface area contributed by atoms with Gasteiger partial charge in [-0.05, 0) is 91.4 Å². The Kier molecular flexibility index (Phi) is 7.65. The van der Waals surface area contributed by atoms with Crippen LogP contribution < -0.4 is 9.47 Å². The zero-order chi connectivity index (χ0) is 25.8. The molecule has 0 aromatic heterocycles. The minimum atomic E-state index is -0.386. The lowest BCUT2D eigenvalue weighted by molar-refractivity contribution is 0.184. The van der Waals surface area contributed by atoms with E-state index in [-0.39, 0.29) is 30.2 Å². The number of aromatic hydroxyl groups is 2. The Hall–Kier alpha value is -3.51. The first-order valence-electron chi connectivity index (χ1n) is 13.0. The standard InChI is InChI=1S/C31H34FNO4/c1-21-28-18-26(35)10-13-29(28)37-31(30(21)24-6-4-7-25(34)17-24)23-8-11-27(12-9-23)36-16-15-33-14-3-2-5-22(19-32)20-33/h4,6-13,17-18,22,31,34-35H,2-3,5,14-16,19-20H2,1H3/t22-,31?/m0/s1. The molecule has 1 unspecified atom stereocenters. The highest BCUT2D eigenvalue weighted by Gasteiger charge is 2.29. The summed E-state index contributed by atoms with van der Waals surface area (Å²) >= 11 is 0. The van der Waals surface area contributed by atoms with Crippen LogP contribution in [0.3, 0.4) is 0 Å². The highest BCUT2D eigenvalue weighted by molar-refractivity contribution is 5.95. The Labute approximate surface area is 217 Å². The van der Waals surface area contributed by atoms with E-state index in [1.165, 1.54) is 0 Å². The zero-order valence-corrected chi connectivity index (χ0v) is 21.2. The van der Waals surface area contributed by atoms with Crippen LogP contribution in [0, 0.1) is 5.92 Å². The topological polar surface area (TPSA) is 62.2 Å². The molecule has 194 valence electrons. The summed E-state index contributed by atoms with van der Waals surface area (Å²) in [6, 6.07) is 20.2. The predicted octanol–water partition coefficient (Wildman–Crippen LogP) is 6.61. The smallest absolute Gasteiger partial charge is 0.150 e. The van der Waals surface area contributed by atoms with E-state index < -0.39 is 0 Å². The van der Waals surface area contributed by atoms with E-state index >= 15 is 0 Å². The van der Waals surface area contributed by atoms with Crippen molar-refractivity contribution in [1.29, 1.82) is 0 Å². The Bertz CT molecular complexity index is 1260. The molecular weight excluding hydrogens is 469 g/mol. The number of phenolic OH excluding ortho intramolecular Hbond substituents is 2. The van der Waals surface area contributed by atoms with Gasteiger partial charge in [0.25, 0.3) is 0 Å². The highest BCUT2D eigenvalue weighted by atomic mass is 19.1. The Morgan fingerprint density at radius 1 is 1.00 bits per heavy atom. The quantitative estimate of drug-likeness (QED) is 0.380. The fourth-order valence-electron chi connectivity index (χ4n) is 5.39. The summed E-state index contributed by atoms with van der Waals surface area (Å²) in [6.45, 7) is 4.92. The molecule has 0 aliphatic carbocycles. The fraction of sp³-hybridized carbons (Fsp3) is 0.355. The van der Waals surface area contributed by atoms with Crippen LogP contribution in [0.5, 0.6) is 23.0 Å². The largest absolute Gasteiger partial charge is 0.508 e. The lowest BCUT2D eigenvalue weighted by Gasteiger charge is -2.31. The van der Waals surface area contributed by atoms with Crippen molar-refractivity contribution in [3.05, 3.63) is 83.4 Å². The van der Waals surface area contributed by atoms with Gasteiger partial charge in [0.05, 0.1) is 6.67 Å². The summed E-state index contributed by atoms with van der Waals surface area (Å²) in [6.07, 6.45) is 2.80. The van der Waals surface area contributed by atoms with Crippen molar-refractivity contribution in [1.82, 2.24) is 4.90 Å². The lowest BCUT2D eigenvalue weighted by atomic mass is 9.86. The average Bonchev–Trinajstić information content (AvgIpc) is 3.14. The monoisotopic (exact) mass is 503 g/mol. The molecular formula is C31H34FNO4. The van der Waals surface area contributed by atoms with Gasteiger partial charge in [-0.15, -0.1) is 0 Å². The molecule has 2 aliphatic heterocycles. The van der Waals surface area contributed by atoms with E-state index in [1.807, 2.05) is 43.3 Å². The fourth-order valence-corrected chi connectivity index (χ4v) is 5.39. The van der Waals surface area contributed by atoms with Gasteiger partial charge in [0, 0.05) is 24.2 Å². The SMILES string of the molecule is CC1=C(c2cccc(O)c2)C(c2ccc(OCCN3CCCC[C@@H](CF)C3)cc2)Oc2ccc(O)cc21. The number of ether oxygens (including phenoxy) is 2. The first-order chi connectivity index (χ1) is 18.0. The first kappa shape index (κ1) is 25.2. The highest BCUT2D eigenvalue weighted by Crippen LogP contribution is 2.47. The van der Waals surface area contributed by atoms with Gasteiger partial charge in [-0.1, -0.05) is 30.7 Å². The van der Waals surface area contributed by atoms with Gasteiger partial charge in [-0.2, -0.15) is 0 Å². The molecule has 3 aromatic carbocycles. The number of fused-ring (bicyclic) bond motifs is 1. The Morgan fingerprint density at radius 2 is 1.81 bits per heavy atom. The van der Waals surface area contributed by atoms with Crippen molar-refractivity contribution >= 4 is 11.1 Å². The second-order valence-electron chi connectivity index (χ2n) is 10.0. The Balaban J connectivity index is 1.34. The van der Waals surface area contributed by atoms with Crippen molar-refractivity contribution in [2.24, 2.45) is 5.92 Å². The summed E-state index contributed by atoms with van der Waals surface area (Å²) in [4.78, 5) is 2.31. The van der Waals surface area contributed by atoms with E-state index in [1.54, 1.807) is 30.3 Å². The van der Waals surface area contributed by atoms with Gasteiger partial charge in [0.2, 0.25) is 0 Å². The Morgan fingerprint density at radius 3 is 2.59 bits per heavy atom. The maximum Gasteiger partial charge on any atom is 0.150 e. The first-order valence-corrected chi connectivity index (χ1v) is 13.0. The number of benzene rings is 3. The van der Waals surface area contributed by atoms with Gasteiger partial charge >= 0.3 is 0 Å². The number of alkyl halides is 1. The molecule has 2 N–H and O–H groups in total. The van der Waals surface area contributed by atoms with Gasteiger partial charge in [0.15, 0.2) is 0 Å². The number of likely N-dealkylation sites (tertiary alicyclic amines) is 1. The molecule has 6 heteroatoms. The summed E-state index contributed by atoms with van der Waals surface area (Å²) in [5, 5.41) is 20.2. The van der Waals surface area contributed by atoms with Crippen molar-refractivity contribution in [3.8, 4) is 23.0 Å². The van der Waals surface area contributed by atoms with Gasteiger partial charge in [-0.3, -0.25) is 9.29 Å². The predicted molar refractivity (Wildman–Crippen MR) is 144 cm³/mol. The molecule has 2 atom stereocenters. The van der Waals surface area contributed by atoms with E-state index in [0.717, 1.165) is 72.5 Å². The van der Waals surface area contributed by atoms with Crippen LogP contribution in [0.1, 0.15) is 49.0 Å². The van der Waals surface area contributed by atoms with Gasteiger partial charge in [0.1, 0.15) is 35.7 Å². The lowest BCUT2D eigenvalue weighted by Crippen LogP contribution is -2.32. The number of hydrogen-bond acceptors (Lipinski definition) is 5. The van der Waals surface area contributed by atoms with Crippen LogP contribution in [-0.4, -0.2) is 48.0 Å². The van der Waals surface area contributed by atoms with Crippen LogP contribution in [0.4, 0.5) is 4.39 Å². The van der Waals surface area contributed by atoms with Crippen LogP contribution in [0.2, 0.25) is 0 Å². The summed E-state index contributed by atoms with van der Waals surface area (Å²) in [5.41, 5.74) is 4.57. The molecule has 5 nitrogen and oxygen atoms in total. The molecule has 2 heterocycles. The van der Waals surface area contributed by atoms with Crippen LogP contribution >= 0.6 is 0 Å². The molecule has 5 rings (SSSR count). The molecule has 0 bridgehead atoms. The van der Waals surface area contributed by atoms with Crippen molar-refractivity contribution < 1.29 is 24.1 Å². The van der Waals surface area contributed by atoms with E-state index in [2.05, 4.69) is 4.90 Å². The summed E-state index contributed by atoms with van der Waals surface area (Å²) in [7, 11) is 0. The minimum absolute atomic E-state index is 0.142. The molecule has 2 aliphatic rings. The van der Waals surface area contributed by atoms with E-state index in [9.17, 15) is 14.6 Å². The van der Waals surface area contributed by atoms with E-state index in [4.69, 9.17) is 9.47 Å². The molecule has 0 radical (unpaired) electrons. The summed E-state index contributed by atoms with van der Waals surface area (Å²) in [5.74, 6) is 1.99. The van der Waals surface area contributed by atoms with Crippen molar-refractivity contribution in [3.63, 3.8) is 0 Å². The van der Waals surface area contributed by atoms with E-state index in [0.29, 0.717) is 12.4 Å². The molecule has 0 amide bonds. The third-order valence-electron chi connectivity index (χ3n) is 7.37. The van der Waals surface area contributed by atoms with Gasteiger partial charge in [-0.25, -0.2) is 0 Å². The summed E-state index contributed by atoms with van der Waals surface area (Å²) < 4.78 is 25.7. The van der Waals surface area contributed by atoms with Crippen LogP contribution in [0.15, 0.2) is 66.7 Å². The molecule has 1 fully saturated rings. The second kappa shape index (κ2) is 11.3. The second-order valence-corrected chi connectivity index (χ2v) is 10.0. The number of rotatable bonds is 7. The molecule has 3 aromatic rings. The normalized spacial score (nSPS) is 20.2. The third-order valence-corrected chi connectivity index (χ3v) is 7.37. The third kappa shape index (κ3) is 5.75. The molecule has 1 saturated heterocycles. The van der Waals surface area contributed by atoms with Crippen molar-refractivity contribution in [2.75, 3.05) is 32.9 Å².